The van der Waals surface area contributed by atoms with E-state index < -0.39 is 5.97 Å². The molecule has 4 heteroatoms. The summed E-state index contributed by atoms with van der Waals surface area (Å²) in [7, 11) is 0. The monoisotopic (exact) mass is 189 g/mol. The third kappa shape index (κ3) is 2.38. The molecule has 3 nitrogen and oxygen atoms in total. The zero-order valence-electron chi connectivity index (χ0n) is 7.25. The molecule has 0 spiro atoms. The number of hydrogen-bond donors (Lipinski definition) is 2. The van der Waals surface area contributed by atoms with Gasteiger partial charge in [-0.1, -0.05) is 0 Å². The quantitative estimate of drug-likeness (QED) is 0.689. The number of carbonyl (C=O) groups is 1. The number of piperidine rings is 1. The fourth-order valence-electron chi connectivity index (χ4n) is 1.64. The van der Waals surface area contributed by atoms with Crippen molar-refractivity contribution in [1.29, 1.82) is 0 Å². The predicted molar refractivity (Wildman–Crippen MR) is 50.5 cm³/mol. The third-order valence-electron chi connectivity index (χ3n) is 2.31. The Morgan fingerprint density at radius 2 is 2.17 bits per heavy atom. The van der Waals surface area contributed by atoms with Gasteiger partial charge in [-0.3, -0.25) is 4.79 Å². The van der Waals surface area contributed by atoms with Gasteiger partial charge in [-0.25, -0.2) is 0 Å². The molecule has 0 radical (unpaired) electrons. The van der Waals surface area contributed by atoms with Crippen molar-refractivity contribution in [3.05, 3.63) is 0 Å². The number of carboxylic acid groups (broad SMARTS) is 1. The molecule has 2 N–H and O–H groups in total. The van der Waals surface area contributed by atoms with E-state index >= 15 is 0 Å². The van der Waals surface area contributed by atoms with Crippen LogP contribution in [0.5, 0.6) is 0 Å². The van der Waals surface area contributed by atoms with Gasteiger partial charge in [-0.2, -0.15) is 0 Å². The van der Waals surface area contributed by atoms with Crippen molar-refractivity contribution in [3.63, 3.8) is 0 Å². The van der Waals surface area contributed by atoms with Crippen molar-refractivity contribution in [1.82, 2.24) is 5.32 Å². The Kier molecular flexibility index (Phi) is 3.88. The average molecular weight is 189 g/mol. The number of aliphatic carboxylic acids is 1. The van der Waals surface area contributed by atoms with E-state index in [1.807, 2.05) is 6.26 Å². The normalized spacial score (nSPS) is 22.1. The standard InChI is InChI=1S/C8H15NO2S/c1-12-7(8(10)11)6-2-4-9-5-3-6/h6-7,9H,2-5H2,1H3,(H,10,11). The second-order valence-corrected chi connectivity index (χ2v) is 4.06. The largest absolute Gasteiger partial charge is 0.480 e. The predicted octanol–water partition coefficient (Wildman–Crippen LogP) is 0.802. The van der Waals surface area contributed by atoms with Gasteiger partial charge in [0.25, 0.3) is 0 Å². The van der Waals surface area contributed by atoms with Gasteiger partial charge in [-0.15, -0.1) is 11.8 Å². The Morgan fingerprint density at radius 1 is 1.58 bits per heavy atom. The maximum Gasteiger partial charge on any atom is 0.316 e. The molecular weight excluding hydrogens is 174 g/mol. The number of hydrogen-bond acceptors (Lipinski definition) is 3. The van der Waals surface area contributed by atoms with E-state index in [1.54, 1.807) is 0 Å². The van der Waals surface area contributed by atoms with Crippen LogP contribution < -0.4 is 5.32 Å². The summed E-state index contributed by atoms with van der Waals surface area (Å²) in [4.78, 5) is 10.8. The van der Waals surface area contributed by atoms with E-state index in [4.69, 9.17) is 5.11 Å². The molecule has 1 fully saturated rings. The van der Waals surface area contributed by atoms with Crippen LogP contribution in [-0.2, 0) is 4.79 Å². The van der Waals surface area contributed by atoms with Crippen molar-refractivity contribution < 1.29 is 9.90 Å². The van der Waals surface area contributed by atoms with Crippen molar-refractivity contribution in [2.75, 3.05) is 19.3 Å². The molecule has 1 unspecified atom stereocenters. The molecule has 1 aliphatic heterocycles. The molecular formula is C8H15NO2S. The van der Waals surface area contributed by atoms with E-state index in [-0.39, 0.29) is 5.25 Å². The Hall–Kier alpha value is -0.220. The van der Waals surface area contributed by atoms with Gasteiger partial charge in [0.05, 0.1) is 0 Å². The van der Waals surface area contributed by atoms with Gasteiger partial charge in [0.1, 0.15) is 5.25 Å². The maximum absolute atomic E-state index is 10.8. The smallest absolute Gasteiger partial charge is 0.316 e. The van der Waals surface area contributed by atoms with Gasteiger partial charge >= 0.3 is 5.97 Å². The molecule has 0 saturated carbocycles. The van der Waals surface area contributed by atoms with Crippen LogP contribution >= 0.6 is 11.8 Å². The minimum atomic E-state index is -0.658. The first-order valence-electron chi connectivity index (χ1n) is 4.22. The number of thioether (sulfide) groups is 1. The first kappa shape index (κ1) is 9.86. The van der Waals surface area contributed by atoms with E-state index in [9.17, 15) is 4.79 Å². The molecule has 1 saturated heterocycles. The van der Waals surface area contributed by atoms with Gasteiger partial charge in [-0.05, 0) is 38.1 Å². The molecule has 12 heavy (non-hydrogen) atoms. The maximum atomic E-state index is 10.8. The number of nitrogens with one attached hydrogen (secondary N) is 1. The zero-order chi connectivity index (χ0) is 8.97. The Bertz CT molecular complexity index is 157. The SMILES string of the molecule is CSC(C(=O)O)C1CCNCC1. The Balaban J connectivity index is 2.46. The lowest BCUT2D eigenvalue weighted by Crippen LogP contribution is -2.36. The highest BCUT2D eigenvalue weighted by Gasteiger charge is 2.27. The first-order valence-corrected chi connectivity index (χ1v) is 5.51. The highest BCUT2D eigenvalue weighted by molar-refractivity contribution is 7.99. The van der Waals surface area contributed by atoms with Crippen molar-refractivity contribution in [3.8, 4) is 0 Å². The van der Waals surface area contributed by atoms with E-state index in [1.165, 1.54) is 11.8 Å². The lowest BCUT2D eigenvalue weighted by atomic mass is 9.94. The van der Waals surface area contributed by atoms with Crippen LogP contribution in [0, 0.1) is 5.92 Å². The summed E-state index contributed by atoms with van der Waals surface area (Å²) in [6, 6.07) is 0. The van der Waals surface area contributed by atoms with Crippen LogP contribution in [0.2, 0.25) is 0 Å². The van der Waals surface area contributed by atoms with E-state index in [2.05, 4.69) is 5.32 Å². The van der Waals surface area contributed by atoms with Crippen molar-refractivity contribution in [2.24, 2.45) is 5.92 Å². The highest BCUT2D eigenvalue weighted by atomic mass is 32.2. The summed E-state index contributed by atoms with van der Waals surface area (Å²) in [5.74, 6) is -0.298. The molecule has 0 aromatic heterocycles. The summed E-state index contributed by atoms with van der Waals surface area (Å²) in [6.07, 6.45) is 3.87. The van der Waals surface area contributed by atoms with Gasteiger partial charge < -0.3 is 10.4 Å². The Morgan fingerprint density at radius 3 is 2.58 bits per heavy atom. The average Bonchev–Trinajstić information content (AvgIpc) is 2.07. The molecule has 0 bridgehead atoms. The molecule has 1 atom stereocenters. The minimum absolute atomic E-state index is 0.202. The lowest BCUT2D eigenvalue weighted by molar-refractivity contribution is -0.137. The topological polar surface area (TPSA) is 49.3 Å². The van der Waals surface area contributed by atoms with Crippen LogP contribution in [0.1, 0.15) is 12.8 Å². The highest BCUT2D eigenvalue weighted by Crippen LogP contribution is 2.25. The van der Waals surface area contributed by atoms with Gasteiger partial charge in [0, 0.05) is 0 Å². The van der Waals surface area contributed by atoms with Gasteiger partial charge in [0.2, 0.25) is 0 Å². The molecule has 0 aliphatic carbocycles. The second kappa shape index (κ2) is 4.72. The summed E-state index contributed by atoms with van der Waals surface area (Å²) in [5.41, 5.74) is 0. The fraction of sp³-hybridized carbons (Fsp3) is 0.875. The molecule has 1 heterocycles. The lowest BCUT2D eigenvalue weighted by Gasteiger charge is -2.26. The molecule has 0 aromatic rings. The molecule has 1 rings (SSSR count). The van der Waals surface area contributed by atoms with Crippen molar-refractivity contribution in [2.45, 2.75) is 18.1 Å². The Labute approximate surface area is 76.9 Å². The molecule has 0 amide bonds. The first-order chi connectivity index (χ1) is 5.75. The summed E-state index contributed by atoms with van der Waals surface area (Å²) >= 11 is 1.46. The number of carboxylic acids is 1. The minimum Gasteiger partial charge on any atom is -0.480 e. The molecule has 70 valence electrons. The summed E-state index contributed by atoms with van der Waals surface area (Å²) in [6.45, 7) is 1.93. The van der Waals surface area contributed by atoms with E-state index in [0.29, 0.717) is 5.92 Å². The van der Waals surface area contributed by atoms with Crippen LogP contribution in [0.3, 0.4) is 0 Å². The van der Waals surface area contributed by atoms with E-state index in [0.717, 1.165) is 25.9 Å². The third-order valence-corrected chi connectivity index (χ3v) is 3.40. The van der Waals surface area contributed by atoms with Crippen LogP contribution in [-0.4, -0.2) is 35.7 Å². The number of rotatable bonds is 3. The zero-order valence-corrected chi connectivity index (χ0v) is 8.06. The summed E-state index contributed by atoms with van der Waals surface area (Å²) < 4.78 is 0. The molecule has 1 aliphatic rings. The van der Waals surface area contributed by atoms with Crippen LogP contribution in [0.4, 0.5) is 0 Å². The van der Waals surface area contributed by atoms with Gasteiger partial charge in [0.15, 0.2) is 0 Å². The molecule has 0 aromatic carbocycles. The van der Waals surface area contributed by atoms with Crippen LogP contribution in [0.25, 0.3) is 0 Å². The fourth-order valence-corrected chi connectivity index (χ4v) is 2.50. The second-order valence-electron chi connectivity index (χ2n) is 3.08. The van der Waals surface area contributed by atoms with Crippen LogP contribution in [0.15, 0.2) is 0 Å². The van der Waals surface area contributed by atoms with Crippen molar-refractivity contribution >= 4 is 17.7 Å². The summed E-state index contributed by atoms with van der Waals surface area (Å²) in [5, 5.41) is 11.9.